The van der Waals surface area contributed by atoms with E-state index in [1.165, 1.54) is 6.92 Å². The second-order valence-electron chi connectivity index (χ2n) is 3.39. The molecule has 0 radical (unpaired) electrons. The maximum absolute atomic E-state index is 10.6. The molecule has 1 unspecified atom stereocenters. The minimum absolute atomic E-state index is 0.424. The van der Waals surface area contributed by atoms with Gasteiger partial charge in [0.15, 0.2) is 6.10 Å². The van der Waals surface area contributed by atoms with Crippen molar-refractivity contribution < 1.29 is 14.6 Å². The molecule has 0 aromatic heterocycles. The van der Waals surface area contributed by atoms with Gasteiger partial charge in [-0.15, -0.1) is 0 Å². The van der Waals surface area contributed by atoms with E-state index in [0.29, 0.717) is 17.2 Å². The van der Waals surface area contributed by atoms with Crippen LogP contribution in [0.3, 0.4) is 0 Å². The highest BCUT2D eigenvalue weighted by molar-refractivity contribution is 7.80. The SMILES string of the molecule is CC(Oc1ccc(CC(N)=S)cc1)C(=O)O. The van der Waals surface area contributed by atoms with Crippen LogP contribution in [0.15, 0.2) is 24.3 Å². The highest BCUT2D eigenvalue weighted by Crippen LogP contribution is 2.14. The molecule has 0 amide bonds. The minimum atomic E-state index is -0.993. The largest absolute Gasteiger partial charge is 0.479 e. The van der Waals surface area contributed by atoms with E-state index in [0.717, 1.165) is 5.56 Å². The first-order valence-electron chi connectivity index (χ1n) is 4.75. The second kappa shape index (κ2) is 5.46. The molecule has 1 aromatic rings. The van der Waals surface area contributed by atoms with Crippen molar-refractivity contribution >= 4 is 23.2 Å². The van der Waals surface area contributed by atoms with E-state index >= 15 is 0 Å². The summed E-state index contributed by atoms with van der Waals surface area (Å²) >= 11 is 4.78. The number of hydrogen-bond donors (Lipinski definition) is 2. The highest BCUT2D eigenvalue weighted by atomic mass is 32.1. The van der Waals surface area contributed by atoms with Crippen molar-refractivity contribution in [3.8, 4) is 5.75 Å². The molecule has 0 aliphatic rings. The fourth-order valence-electron chi connectivity index (χ4n) is 1.14. The van der Waals surface area contributed by atoms with Gasteiger partial charge in [0.1, 0.15) is 5.75 Å². The van der Waals surface area contributed by atoms with Gasteiger partial charge in [-0.3, -0.25) is 0 Å². The molecule has 86 valence electrons. The third-order valence-corrected chi connectivity index (χ3v) is 2.11. The van der Waals surface area contributed by atoms with E-state index in [1.807, 2.05) is 12.1 Å². The molecule has 0 saturated carbocycles. The number of carbonyl (C=O) groups is 1. The van der Waals surface area contributed by atoms with E-state index in [1.54, 1.807) is 12.1 Å². The average molecular weight is 239 g/mol. The smallest absolute Gasteiger partial charge is 0.344 e. The lowest BCUT2D eigenvalue weighted by Crippen LogP contribution is -2.22. The molecule has 1 aromatic carbocycles. The summed E-state index contributed by atoms with van der Waals surface area (Å²) in [6.45, 7) is 1.48. The number of rotatable bonds is 5. The first-order chi connectivity index (χ1) is 7.49. The predicted molar refractivity (Wildman–Crippen MR) is 64.7 cm³/mol. The molecule has 0 bridgehead atoms. The maximum atomic E-state index is 10.6. The van der Waals surface area contributed by atoms with Gasteiger partial charge in [0.25, 0.3) is 0 Å². The molecule has 0 aliphatic heterocycles. The van der Waals surface area contributed by atoms with Crippen molar-refractivity contribution in [1.82, 2.24) is 0 Å². The Kier molecular flexibility index (Phi) is 4.25. The Morgan fingerprint density at radius 1 is 1.50 bits per heavy atom. The summed E-state index contributed by atoms with van der Waals surface area (Å²) in [6, 6.07) is 7.02. The van der Waals surface area contributed by atoms with Crippen LogP contribution in [0, 0.1) is 0 Å². The minimum Gasteiger partial charge on any atom is -0.479 e. The Morgan fingerprint density at radius 3 is 2.50 bits per heavy atom. The number of ether oxygens (including phenoxy) is 1. The van der Waals surface area contributed by atoms with Crippen LogP contribution in [0.2, 0.25) is 0 Å². The zero-order valence-electron chi connectivity index (χ0n) is 8.84. The van der Waals surface area contributed by atoms with E-state index in [9.17, 15) is 4.79 Å². The lowest BCUT2D eigenvalue weighted by Gasteiger charge is -2.10. The molecule has 0 fully saturated rings. The molecular formula is C11H13NO3S. The Labute approximate surface area is 99.0 Å². The third-order valence-electron chi connectivity index (χ3n) is 1.96. The van der Waals surface area contributed by atoms with Crippen LogP contribution in [-0.2, 0) is 11.2 Å². The first kappa shape index (κ1) is 12.4. The molecule has 0 heterocycles. The summed E-state index contributed by atoms with van der Waals surface area (Å²) in [7, 11) is 0. The molecule has 1 atom stereocenters. The topological polar surface area (TPSA) is 72.5 Å². The highest BCUT2D eigenvalue weighted by Gasteiger charge is 2.11. The van der Waals surface area contributed by atoms with Gasteiger partial charge in [-0.25, -0.2) is 4.79 Å². The van der Waals surface area contributed by atoms with Crippen LogP contribution in [-0.4, -0.2) is 22.2 Å². The fourth-order valence-corrected chi connectivity index (χ4v) is 1.31. The molecule has 5 heteroatoms. The summed E-state index contributed by atoms with van der Waals surface area (Å²) in [5, 5.41) is 8.66. The Bertz CT molecular complexity index is 389. The lowest BCUT2D eigenvalue weighted by atomic mass is 10.1. The van der Waals surface area contributed by atoms with Crippen molar-refractivity contribution in [3.05, 3.63) is 29.8 Å². The normalized spacial score (nSPS) is 11.8. The number of aliphatic carboxylic acids is 1. The van der Waals surface area contributed by atoms with Gasteiger partial charge in [-0.2, -0.15) is 0 Å². The molecule has 0 aliphatic carbocycles. The van der Waals surface area contributed by atoms with E-state index in [2.05, 4.69) is 0 Å². The second-order valence-corrected chi connectivity index (χ2v) is 3.91. The van der Waals surface area contributed by atoms with Crippen LogP contribution < -0.4 is 10.5 Å². The summed E-state index contributed by atoms with van der Waals surface area (Å²) in [4.78, 5) is 11.0. The monoisotopic (exact) mass is 239 g/mol. The molecule has 0 spiro atoms. The quantitative estimate of drug-likeness (QED) is 0.759. The Morgan fingerprint density at radius 2 is 2.06 bits per heavy atom. The maximum Gasteiger partial charge on any atom is 0.344 e. The van der Waals surface area contributed by atoms with Gasteiger partial charge in [0, 0.05) is 6.42 Å². The first-order valence-corrected chi connectivity index (χ1v) is 5.16. The summed E-state index contributed by atoms with van der Waals surface area (Å²) in [5.74, 6) is -0.478. The zero-order chi connectivity index (χ0) is 12.1. The van der Waals surface area contributed by atoms with Crippen molar-refractivity contribution in [3.63, 3.8) is 0 Å². The molecule has 1 rings (SSSR count). The van der Waals surface area contributed by atoms with Crippen molar-refractivity contribution in [1.29, 1.82) is 0 Å². The van der Waals surface area contributed by atoms with Crippen LogP contribution in [0.1, 0.15) is 12.5 Å². The van der Waals surface area contributed by atoms with Gasteiger partial charge in [0.2, 0.25) is 0 Å². The summed E-state index contributed by atoms with van der Waals surface area (Å²) in [5.41, 5.74) is 6.38. The summed E-state index contributed by atoms with van der Waals surface area (Å²) < 4.78 is 5.17. The fraction of sp³-hybridized carbons (Fsp3) is 0.273. The van der Waals surface area contributed by atoms with Crippen molar-refractivity contribution in [2.45, 2.75) is 19.4 Å². The number of thiocarbonyl (C=S) groups is 1. The number of nitrogens with two attached hydrogens (primary N) is 1. The molecule has 16 heavy (non-hydrogen) atoms. The van der Waals surface area contributed by atoms with Crippen LogP contribution in [0.4, 0.5) is 0 Å². The van der Waals surface area contributed by atoms with Gasteiger partial charge in [-0.05, 0) is 24.6 Å². The number of hydrogen-bond acceptors (Lipinski definition) is 3. The molecular weight excluding hydrogens is 226 g/mol. The van der Waals surface area contributed by atoms with E-state index in [4.69, 9.17) is 27.8 Å². The van der Waals surface area contributed by atoms with Gasteiger partial charge in [-0.1, -0.05) is 24.4 Å². The number of benzene rings is 1. The standard InChI is InChI=1S/C11H13NO3S/c1-7(11(13)14)15-9-4-2-8(3-5-9)6-10(12)16/h2-5,7H,6H2,1H3,(H2,12,16)(H,13,14). The molecule has 3 N–H and O–H groups in total. The van der Waals surface area contributed by atoms with Crippen molar-refractivity contribution in [2.75, 3.05) is 0 Å². The van der Waals surface area contributed by atoms with Crippen LogP contribution in [0.25, 0.3) is 0 Å². The number of carboxylic acids is 1. The van der Waals surface area contributed by atoms with Gasteiger partial charge < -0.3 is 15.6 Å². The van der Waals surface area contributed by atoms with Crippen LogP contribution >= 0.6 is 12.2 Å². The van der Waals surface area contributed by atoms with Gasteiger partial charge in [0.05, 0.1) is 4.99 Å². The third kappa shape index (κ3) is 3.86. The van der Waals surface area contributed by atoms with Gasteiger partial charge >= 0.3 is 5.97 Å². The molecule has 0 saturated heterocycles. The lowest BCUT2D eigenvalue weighted by molar-refractivity contribution is -0.144. The van der Waals surface area contributed by atoms with Crippen molar-refractivity contribution in [2.24, 2.45) is 5.73 Å². The van der Waals surface area contributed by atoms with Crippen LogP contribution in [0.5, 0.6) is 5.75 Å². The number of carboxylic acid groups (broad SMARTS) is 1. The molecule has 4 nitrogen and oxygen atoms in total. The zero-order valence-corrected chi connectivity index (χ0v) is 9.66. The Balaban J connectivity index is 2.64. The van der Waals surface area contributed by atoms with E-state index in [-0.39, 0.29) is 0 Å². The summed E-state index contributed by atoms with van der Waals surface area (Å²) in [6.07, 6.45) is -0.328. The van der Waals surface area contributed by atoms with E-state index < -0.39 is 12.1 Å². The average Bonchev–Trinajstić information content (AvgIpc) is 2.20. The predicted octanol–water partition coefficient (Wildman–Crippen LogP) is 1.37. The Hall–Kier alpha value is -1.62.